The van der Waals surface area contributed by atoms with Gasteiger partial charge in [0.25, 0.3) is 0 Å². The Morgan fingerprint density at radius 1 is 0.667 bits per heavy atom. The number of terminal acetylenes is 1. The largest absolute Gasteiger partial charge is 0.309 e. The van der Waals surface area contributed by atoms with Crippen LogP contribution >= 0.6 is 0 Å². The van der Waals surface area contributed by atoms with Gasteiger partial charge in [0.2, 0.25) is 0 Å². The molecule has 0 saturated heterocycles. The molecule has 0 spiro atoms. The summed E-state index contributed by atoms with van der Waals surface area (Å²) in [5.74, 6) is 3.06. The van der Waals surface area contributed by atoms with E-state index in [2.05, 4.69) is 139 Å². The monoisotopic (exact) mass is 453 g/mol. The van der Waals surface area contributed by atoms with Crippen molar-refractivity contribution in [2.45, 2.75) is 72.0 Å². The predicted molar refractivity (Wildman–Crippen MR) is 149 cm³/mol. The van der Waals surface area contributed by atoms with Gasteiger partial charge in [0.15, 0.2) is 0 Å². The van der Waals surface area contributed by atoms with E-state index >= 15 is 0 Å². The molecular weight excluding hydrogens is 414 g/mol. The van der Waals surface area contributed by atoms with Crippen LogP contribution in [0, 0.1) is 12.3 Å². The van der Waals surface area contributed by atoms with Gasteiger partial charge in [-0.15, -0.1) is 6.42 Å². The predicted octanol–water partition coefficient (Wildman–Crippen LogP) is 8.28. The Labute approximate surface area is 202 Å². The lowest BCUT2D eigenvalue weighted by molar-refractivity contribution is 0.590. The van der Waals surface area contributed by atoms with Crippen LogP contribution in [0.1, 0.15) is 58.2 Å². The normalized spacial score (nSPS) is 12.4. The van der Waals surface area contributed by atoms with Crippen LogP contribution in [0.5, 0.6) is 0 Å². The van der Waals surface area contributed by atoms with Crippen LogP contribution in [-0.4, -0.2) is 8.07 Å². The van der Waals surface area contributed by atoms with E-state index < -0.39 is 8.07 Å². The highest BCUT2D eigenvalue weighted by molar-refractivity contribution is 6.89. The Kier molecular flexibility index (Phi) is 6.69. The molecule has 33 heavy (non-hydrogen) atoms. The highest BCUT2D eigenvalue weighted by atomic mass is 28.3. The number of anilines is 3. The zero-order chi connectivity index (χ0) is 24.6. The third-order valence-electron chi connectivity index (χ3n) is 6.22. The average molecular weight is 454 g/mol. The van der Waals surface area contributed by atoms with Gasteiger partial charge >= 0.3 is 0 Å². The number of hydrogen-bond donors (Lipinski definition) is 0. The lowest BCUT2D eigenvalue weighted by atomic mass is 9.86. The molecule has 0 unspecified atom stereocenters. The molecule has 3 rings (SSSR count). The molecular formula is C31H39NSi. The van der Waals surface area contributed by atoms with Crippen LogP contribution in [0.15, 0.2) is 66.7 Å². The van der Waals surface area contributed by atoms with Gasteiger partial charge in [0.1, 0.15) is 0 Å². The van der Waals surface area contributed by atoms with Gasteiger partial charge in [-0.05, 0) is 57.5 Å². The van der Waals surface area contributed by atoms with Crippen molar-refractivity contribution < 1.29 is 0 Å². The first kappa shape index (κ1) is 24.9. The Morgan fingerprint density at radius 2 is 1.09 bits per heavy atom. The molecule has 0 aromatic heterocycles. The van der Waals surface area contributed by atoms with Crippen LogP contribution in [0.2, 0.25) is 19.6 Å². The molecule has 0 saturated carbocycles. The molecule has 0 aliphatic heterocycles. The first-order valence-corrected chi connectivity index (χ1v) is 15.3. The molecule has 0 atom stereocenters. The Morgan fingerprint density at radius 3 is 1.42 bits per heavy atom. The second-order valence-electron chi connectivity index (χ2n) is 12.0. The highest BCUT2D eigenvalue weighted by Crippen LogP contribution is 2.38. The van der Waals surface area contributed by atoms with Gasteiger partial charge in [0, 0.05) is 16.9 Å². The molecule has 0 aliphatic carbocycles. The molecule has 1 nitrogen and oxygen atoms in total. The van der Waals surface area contributed by atoms with Crippen molar-refractivity contribution in [3.8, 4) is 12.3 Å². The summed E-state index contributed by atoms with van der Waals surface area (Å²) in [5, 5.41) is 1.32. The number of hydrogen-bond acceptors (Lipinski definition) is 1. The SMILES string of the molecule is C#Cc1c(N(c2ccc(C(C)(C)C)cc2)c2ccc(C(C)(C)C)cc2)cccc1[Si](C)(C)C. The second-order valence-corrected chi connectivity index (χ2v) is 17.1. The summed E-state index contributed by atoms with van der Waals surface area (Å²) in [6.07, 6.45) is 6.15. The standard InChI is InChI=1S/C31H39NSi/c1-11-27-28(13-12-14-29(27)33(8,9)10)32(25-19-15-23(16-20-25)30(2,3)4)26-21-17-24(18-22-26)31(5,6)7/h1,12-22H,2-10H3. The first-order chi connectivity index (χ1) is 15.2. The van der Waals surface area contributed by atoms with Gasteiger partial charge in [-0.1, -0.05) is 104 Å². The Balaban J connectivity index is 2.25. The first-order valence-electron chi connectivity index (χ1n) is 11.8. The summed E-state index contributed by atoms with van der Waals surface area (Å²) < 4.78 is 0. The number of nitrogens with zero attached hydrogens (tertiary/aromatic N) is 1. The van der Waals surface area contributed by atoms with Crippen molar-refractivity contribution in [2.24, 2.45) is 0 Å². The molecule has 0 aliphatic rings. The second kappa shape index (κ2) is 8.88. The van der Waals surface area contributed by atoms with Crippen molar-refractivity contribution in [2.75, 3.05) is 4.90 Å². The summed E-state index contributed by atoms with van der Waals surface area (Å²) in [6.45, 7) is 20.6. The molecule has 0 heterocycles. The third-order valence-corrected chi connectivity index (χ3v) is 8.25. The van der Waals surface area contributed by atoms with Crippen LogP contribution in [0.3, 0.4) is 0 Å². The summed E-state index contributed by atoms with van der Waals surface area (Å²) >= 11 is 0. The van der Waals surface area contributed by atoms with E-state index in [4.69, 9.17) is 6.42 Å². The van der Waals surface area contributed by atoms with Gasteiger partial charge < -0.3 is 4.90 Å². The maximum Gasteiger partial charge on any atom is 0.0793 e. The van der Waals surface area contributed by atoms with E-state index in [0.29, 0.717) is 0 Å². The van der Waals surface area contributed by atoms with Crippen molar-refractivity contribution >= 4 is 30.3 Å². The molecule has 2 heteroatoms. The average Bonchev–Trinajstić information content (AvgIpc) is 2.72. The fourth-order valence-corrected chi connectivity index (χ4v) is 5.70. The van der Waals surface area contributed by atoms with Crippen LogP contribution < -0.4 is 10.1 Å². The van der Waals surface area contributed by atoms with Crippen molar-refractivity contribution in [1.29, 1.82) is 0 Å². The van der Waals surface area contributed by atoms with Crippen molar-refractivity contribution in [3.63, 3.8) is 0 Å². The van der Waals surface area contributed by atoms with Gasteiger partial charge in [-0.3, -0.25) is 0 Å². The molecule has 172 valence electrons. The number of rotatable bonds is 4. The minimum atomic E-state index is -1.61. The Bertz CT molecular complexity index is 1090. The van der Waals surface area contributed by atoms with Crippen molar-refractivity contribution in [1.82, 2.24) is 0 Å². The number of benzene rings is 3. The van der Waals surface area contributed by atoms with Gasteiger partial charge in [-0.25, -0.2) is 0 Å². The van der Waals surface area contributed by atoms with Crippen LogP contribution in [0.25, 0.3) is 0 Å². The van der Waals surface area contributed by atoms with E-state index in [-0.39, 0.29) is 10.8 Å². The maximum atomic E-state index is 6.15. The van der Waals surface area contributed by atoms with Crippen LogP contribution in [-0.2, 0) is 10.8 Å². The fourth-order valence-electron chi connectivity index (χ4n) is 4.15. The van der Waals surface area contributed by atoms with E-state index in [1.54, 1.807) is 0 Å². The molecule has 0 amide bonds. The zero-order valence-corrected chi connectivity index (χ0v) is 22.9. The van der Waals surface area contributed by atoms with E-state index in [9.17, 15) is 0 Å². The lowest BCUT2D eigenvalue weighted by Gasteiger charge is -2.30. The maximum absolute atomic E-state index is 6.15. The van der Waals surface area contributed by atoms with Crippen molar-refractivity contribution in [3.05, 3.63) is 83.4 Å². The zero-order valence-electron chi connectivity index (χ0n) is 21.9. The van der Waals surface area contributed by atoms with Gasteiger partial charge in [0.05, 0.1) is 13.8 Å². The van der Waals surface area contributed by atoms with E-state index in [1.165, 1.54) is 16.3 Å². The van der Waals surface area contributed by atoms with Crippen LogP contribution in [0.4, 0.5) is 17.1 Å². The van der Waals surface area contributed by atoms with Gasteiger partial charge in [-0.2, -0.15) is 0 Å². The summed E-state index contributed by atoms with van der Waals surface area (Å²) in [7, 11) is -1.61. The Hall–Kier alpha value is -2.76. The summed E-state index contributed by atoms with van der Waals surface area (Å²) in [5.41, 5.74) is 7.19. The molecule has 3 aromatic rings. The minimum absolute atomic E-state index is 0.111. The lowest BCUT2D eigenvalue weighted by Crippen LogP contribution is -2.40. The topological polar surface area (TPSA) is 3.24 Å². The third kappa shape index (κ3) is 5.42. The fraction of sp³-hybridized carbons (Fsp3) is 0.355. The summed E-state index contributed by atoms with van der Waals surface area (Å²) in [6, 6.07) is 24.4. The molecule has 0 bridgehead atoms. The minimum Gasteiger partial charge on any atom is -0.309 e. The molecule has 0 radical (unpaired) electrons. The highest BCUT2D eigenvalue weighted by Gasteiger charge is 2.25. The quantitative estimate of drug-likeness (QED) is 0.284. The van der Waals surface area contributed by atoms with E-state index in [1.807, 2.05) is 0 Å². The molecule has 0 N–H and O–H groups in total. The molecule has 0 fully saturated rings. The molecule has 3 aromatic carbocycles. The van der Waals surface area contributed by atoms with E-state index in [0.717, 1.165) is 22.6 Å². The smallest absolute Gasteiger partial charge is 0.0793 e. The summed E-state index contributed by atoms with van der Waals surface area (Å²) in [4.78, 5) is 2.32.